The lowest BCUT2D eigenvalue weighted by Crippen LogP contribution is -1.80. The van der Waals surface area contributed by atoms with Crippen molar-refractivity contribution in [2.75, 3.05) is 0 Å². The molecule has 1 aromatic heterocycles. The average molecular weight is 257 g/mol. The zero-order chi connectivity index (χ0) is 13.0. The maximum Gasteiger partial charge on any atom is 0.324 e. The zero-order valence-corrected chi connectivity index (χ0v) is 9.92. The van der Waals surface area contributed by atoms with Crippen molar-refractivity contribution in [3.63, 3.8) is 0 Å². The van der Waals surface area contributed by atoms with E-state index in [0.29, 0.717) is 16.1 Å². The lowest BCUT2D eigenvalue weighted by molar-refractivity contribution is -0.380. The van der Waals surface area contributed by atoms with Gasteiger partial charge >= 0.3 is 5.00 Å². The summed E-state index contributed by atoms with van der Waals surface area (Å²) in [6.45, 7) is 0. The molecule has 0 bridgehead atoms. The van der Waals surface area contributed by atoms with E-state index in [4.69, 9.17) is 5.26 Å². The lowest BCUT2D eigenvalue weighted by atomic mass is 10.2. The fraction of sp³-hybridized carbons (Fsp3) is 0. The smallest absolute Gasteiger partial charge is 0.258 e. The van der Waals surface area contributed by atoms with Crippen molar-refractivity contribution in [3.8, 4) is 6.07 Å². The van der Waals surface area contributed by atoms with Gasteiger partial charge in [-0.1, -0.05) is 17.4 Å². The zero-order valence-electron chi connectivity index (χ0n) is 9.11. The number of nitrogens with zero attached hydrogens (tertiary/aromatic N) is 3. The molecule has 0 unspecified atom stereocenters. The van der Waals surface area contributed by atoms with E-state index in [1.807, 2.05) is 6.07 Å². The molecule has 0 amide bonds. The van der Waals surface area contributed by atoms with Gasteiger partial charge in [-0.15, -0.1) is 0 Å². The Kier molecular flexibility index (Phi) is 3.46. The summed E-state index contributed by atoms with van der Waals surface area (Å²) in [5.41, 5.74) is 1.17. The molecule has 1 aromatic carbocycles. The van der Waals surface area contributed by atoms with Gasteiger partial charge < -0.3 is 0 Å². The van der Waals surface area contributed by atoms with Gasteiger partial charge in [0.1, 0.15) is 0 Å². The van der Waals surface area contributed by atoms with Gasteiger partial charge in [-0.25, -0.2) is 0 Å². The molecule has 0 aliphatic carbocycles. The average Bonchev–Trinajstić information content (AvgIpc) is 2.85. The molecule has 0 fully saturated rings. The van der Waals surface area contributed by atoms with Crippen molar-refractivity contribution in [3.05, 3.63) is 57.0 Å². The molecule has 2 rings (SSSR count). The van der Waals surface area contributed by atoms with Gasteiger partial charge in [0.25, 0.3) is 0 Å². The van der Waals surface area contributed by atoms with Gasteiger partial charge in [0.2, 0.25) is 0 Å². The number of thiophene rings is 1. The number of hydrogen-bond donors (Lipinski definition) is 0. The van der Waals surface area contributed by atoms with Crippen molar-refractivity contribution < 1.29 is 4.92 Å². The van der Waals surface area contributed by atoms with Gasteiger partial charge in [0, 0.05) is 12.3 Å². The fourth-order valence-electron chi connectivity index (χ4n) is 1.30. The number of aliphatic imine (C=N–C) groups is 1. The molecule has 0 N–H and O–H groups in total. The van der Waals surface area contributed by atoms with Gasteiger partial charge in [-0.05, 0) is 24.3 Å². The van der Waals surface area contributed by atoms with E-state index in [2.05, 4.69) is 4.99 Å². The van der Waals surface area contributed by atoms with E-state index in [0.717, 1.165) is 11.3 Å². The Morgan fingerprint density at radius 1 is 1.39 bits per heavy atom. The molecule has 6 heteroatoms. The Morgan fingerprint density at radius 2 is 2.22 bits per heavy atom. The van der Waals surface area contributed by atoms with Gasteiger partial charge in [0.15, 0.2) is 0 Å². The Hall–Kier alpha value is -2.52. The van der Waals surface area contributed by atoms with Crippen LogP contribution in [0.1, 0.15) is 10.4 Å². The molecule has 0 radical (unpaired) electrons. The third-order valence-electron chi connectivity index (χ3n) is 2.11. The first kappa shape index (κ1) is 12.0. The summed E-state index contributed by atoms with van der Waals surface area (Å²) in [4.78, 5) is 14.9. The highest BCUT2D eigenvalue weighted by Gasteiger charge is 2.07. The number of benzene rings is 1. The normalized spacial score (nSPS) is 10.4. The SMILES string of the molecule is N#Cc1cccc(N=Cc2ccc([N+](=O)[O-])s2)c1. The van der Waals surface area contributed by atoms with Crippen LogP contribution in [-0.2, 0) is 0 Å². The van der Waals surface area contributed by atoms with Crippen LogP contribution in [0.15, 0.2) is 41.4 Å². The van der Waals surface area contributed by atoms with Crippen LogP contribution in [0.4, 0.5) is 10.7 Å². The minimum atomic E-state index is -0.432. The topological polar surface area (TPSA) is 79.3 Å². The lowest BCUT2D eigenvalue weighted by Gasteiger charge is -1.92. The van der Waals surface area contributed by atoms with E-state index in [1.165, 1.54) is 6.07 Å². The predicted octanol–water partition coefficient (Wildman–Crippen LogP) is 3.28. The molecule has 18 heavy (non-hydrogen) atoms. The van der Waals surface area contributed by atoms with Crippen molar-refractivity contribution in [2.45, 2.75) is 0 Å². The van der Waals surface area contributed by atoms with E-state index < -0.39 is 4.92 Å². The third kappa shape index (κ3) is 2.78. The minimum absolute atomic E-state index is 0.0854. The summed E-state index contributed by atoms with van der Waals surface area (Å²) in [5, 5.41) is 19.3. The monoisotopic (exact) mass is 257 g/mol. The fourth-order valence-corrected chi connectivity index (χ4v) is 2.00. The van der Waals surface area contributed by atoms with Crippen molar-refractivity contribution >= 4 is 28.2 Å². The first-order chi connectivity index (χ1) is 8.69. The number of rotatable bonds is 3. The standard InChI is InChI=1S/C12H7N3O2S/c13-7-9-2-1-3-10(6-9)14-8-11-4-5-12(18-11)15(16)17/h1-6,8H. The Bertz CT molecular complexity index is 655. The molecule has 0 aliphatic heterocycles. The summed E-state index contributed by atoms with van der Waals surface area (Å²) in [6, 6.07) is 11.9. The largest absolute Gasteiger partial charge is 0.324 e. The van der Waals surface area contributed by atoms with E-state index in [-0.39, 0.29) is 5.00 Å². The molecule has 2 aromatic rings. The molecular formula is C12H7N3O2S. The summed E-state index contributed by atoms with van der Waals surface area (Å²) in [7, 11) is 0. The van der Waals surface area contributed by atoms with Crippen LogP contribution in [0.25, 0.3) is 0 Å². The molecule has 1 heterocycles. The Labute approximate surface area is 107 Å². The van der Waals surface area contributed by atoms with Crippen LogP contribution < -0.4 is 0 Å². The van der Waals surface area contributed by atoms with Crippen LogP contribution in [0.2, 0.25) is 0 Å². The van der Waals surface area contributed by atoms with Crippen LogP contribution >= 0.6 is 11.3 Å². The summed E-state index contributed by atoms with van der Waals surface area (Å²) < 4.78 is 0. The third-order valence-corrected chi connectivity index (χ3v) is 3.08. The van der Waals surface area contributed by atoms with E-state index in [1.54, 1.807) is 36.5 Å². The van der Waals surface area contributed by atoms with Gasteiger partial charge in [-0.3, -0.25) is 15.1 Å². The molecule has 0 saturated heterocycles. The Balaban J connectivity index is 2.19. The summed E-state index contributed by atoms with van der Waals surface area (Å²) >= 11 is 1.06. The maximum atomic E-state index is 10.5. The van der Waals surface area contributed by atoms with Crippen LogP contribution in [-0.4, -0.2) is 11.1 Å². The number of nitro groups is 1. The van der Waals surface area contributed by atoms with Crippen molar-refractivity contribution in [2.24, 2.45) is 4.99 Å². The van der Waals surface area contributed by atoms with Gasteiger partial charge in [0.05, 0.1) is 27.1 Å². The summed E-state index contributed by atoms with van der Waals surface area (Å²) in [6.07, 6.45) is 1.55. The molecule has 5 nitrogen and oxygen atoms in total. The van der Waals surface area contributed by atoms with E-state index in [9.17, 15) is 10.1 Å². The first-order valence-electron chi connectivity index (χ1n) is 4.97. The second-order valence-electron chi connectivity index (χ2n) is 3.35. The number of hydrogen-bond acceptors (Lipinski definition) is 5. The maximum absolute atomic E-state index is 10.5. The minimum Gasteiger partial charge on any atom is -0.258 e. The molecule has 0 saturated carbocycles. The molecule has 88 valence electrons. The highest BCUT2D eigenvalue weighted by atomic mass is 32.1. The van der Waals surface area contributed by atoms with Crippen molar-refractivity contribution in [1.29, 1.82) is 5.26 Å². The van der Waals surface area contributed by atoms with E-state index >= 15 is 0 Å². The highest BCUT2D eigenvalue weighted by Crippen LogP contribution is 2.23. The Morgan fingerprint density at radius 3 is 2.89 bits per heavy atom. The molecule has 0 spiro atoms. The quantitative estimate of drug-likeness (QED) is 0.480. The molecule has 0 atom stereocenters. The van der Waals surface area contributed by atoms with Gasteiger partial charge in [-0.2, -0.15) is 5.26 Å². The predicted molar refractivity (Wildman–Crippen MR) is 69.4 cm³/mol. The molecule has 0 aliphatic rings. The van der Waals surface area contributed by atoms with Crippen molar-refractivity contribution in [1.82, 2.24) is 0 Å². The molecular weight excluding hydrogens is 250 g/mol. The second-order valence-corrected chi connectivity index (χ2v) is 4.45. The number of nitriles is 1. The first-order valence-corrected chi connectivity index (χ1v) is 5.79. The highest BCUT2D eigenvalue weighted by molar-refractivity contribution is 7.16. The second kappa shape index (κ2) is 5.21. The van der Waals surface area contributed by atoms with Crippen LogP contribution in [0.5, 0.6) is 0 Å². The van der Waals surface area contributed by atoms with Crippen LogP contribution in [0, 0.1) is 21.4 Å². The van der Waals surface area contributed by atoms with Crippen LogP contribution in [0.3, 0.4) is 0 Å². The summed E-state index contributed by atoms with van der Waals surface area (Å²) in [5.74, 6) is 0.